The van der Waals surface area contributed by atoms with E-state index in [0.29, 0.717) is 13.0 Å². The molecule has 4 nitrogen and oxygen atoms in total. The number of esters is 1. The van der Waals surface area contributed by atoms with Gasteiger partial charge in [0, 0.05) is 13.0 Å². The van der Waals surface area contributed by atoms with Crippen LogP contribution in [0.3, 0.4) is 0 Å². The highest BCUT2D eigenvalue weighted by molar-refractivity contribution is 5.69. The predicted molar refractivity (Wildman–Crippen MR) is 191 cm³/mol. The van der Waals surface area contributed by atoms with Crippen molar-refractivity contribution in [2.75, 3.05) is 19.8 Å². The average Bonchev–Trinajstić information content (AvgIpc) is 3.03. The SMILES string of the molecule is CC/C=C\C/C=C\C/C=C\C/C=C\CCCCCOCC(CO)OC(=O)CCCCCCCCCCCCCCCCCC. The molecule has 4 heteroatoms. The molecule has 0 spiro atoms. The molecule has 256 valence electrons. The minimum absolute atomic E-state index is 0.184. The Bertz CT molecular complexity index is 693. The maximum Gasteiger partial charge on any atom is 0.306 e. The molecular weight excluding hydrogens is 544 g/mol. The standard InChI is InChI=1S/C40H72O4/c1-3-5-7-9-11-13-15-17-19-21-23-25-27-29-31-33-35-40(42)44-39(37-41)38-43-36-34-32-30-28-26-24-22-20-18-16-14-12-10-8-6-4-2/h6,8,12,14,18,20,24,26,39,41H,3-5,7,9-11,13,15-17,19,21-23,25,27-38H2,1-2H3/b8-6-,14-12-,20-18-,26-24-. The molecule has 0 rings (SSSR count). The Morgan fingerprint density at radius 2 is 1.02 bits per heavy atom. The summed E-state index contributed by atoms with van der Waals surface area (Å²) in [4.78, 5) is 12.1. The van der Waals surface area contributed by atoms with Crippen molar-refractivity contribution in [3.8, 4) is 0 Å². The first-order chi connectivity index (χ1) is 21.7. The molecule has 0 amide bonds. The van der Waals surface area contributed by atoms with Crippen molar-refractivity contribution >= 4 is 5.97 Å². The van der Waals surface area contributed by atoms with E-state index in [2.05, 4.69) is 62.5 Å². The molecule has 0 aromatic heterocycles. The van der Waals surface area contributed by atoms with E-state index >= 15 is 0 Å². The largest absolute Gasteiger partial charge is 0.457 e. The molecule has 0 saturated heterocycles. The predicted octanol–water partition coefficient (Wildman–Crippen LogP) is 11.9. The molecule has 0 heterocycles. The van der Waals surface area contributed by atoms with Gasteiger partial charge in [0.15, 0.2) is 0 Å². The summed E-state index contributed by atoms with van der Waals surface area (Å²) in [6.45, 7) is 5.17. The van der Waals surface area contributed by atoms with Gasteiger partial charge in [0.1, 0.15) is 6.10 Å². The molecule has 1 atom stereocenters. The zero-order chi connectivity index (χ0) is 32.0. The van der Waals surface area contributed by atoms with Crippen LogP contribution in [0.4, 0.5) is 0 Å². The first kappa shape index (κ1) is 42.3. The van der Waals surface area contributed by atoms with E-state index in [1.165, 1.54) is 89.9 Å². The maximum atomic E-state index is 12.1. The monoisotopic (exact) mass is 617 g/mol. The number of aliphatic hydroxyl groups excluding tert-OH is 1. The lowest BCUT2D eigenvalue weighted by Crippen LogP contribution is -2.27. The van der Waals surface area contributed by atoms with E-state index in [9.17, 15) is 9.90 Å². The fourth-order valence-corrected chi connectivity index (χ4v) is 5.14. The first-order valence-corrected chi connectivity index (χ1v) is 18.7. The van der Waals surface area contributed by atoms with Crippen molar-refractivity contribution in [1.29, 1.82) is 0 Å². The van der Waals surface area contributed by atoms with Crippen LogP contribution in [0.25, 0.3) is 0 Å². The van der Waals surface area contributed by atoms with Crippen molar-refractivity contribution in [3.63, 3.8) is 0 Å². The van der Waals surface area contributed by atoms with Gasteiger partial charge in [-0.05, 0) is 51.4 Å². The van der Waals surface area contributed by atoms with Crippen LogP contribution in [0.1, 0.15) is 174 Å². The Kier molecular flexibility index (Phi) is 36.1. The Balaban J connectivity index is 3.50. The quantitative estimate of drug-likeness (QED) is 0.0444. The Morgan fingerprint density at radius 3 is 1.52 bits per heavy atom. The van der Waals surface area contributed by atoms with Gasteiger partial charge < -0.3 is 14.6 Å². The van der Waals surface area contributed by atoms with E-state index in [-0.39, 0.29) is 19.2 Å². The molecule has 44 heavy (non-hydrogen) atoms. The smallest absolute Gasteiger partial charge is 0.306 e. The molecule has 0 aliphatic rings. The molecule has 0 radical (unpaired) electrons. The van der Waals surface area contributed by atoms with E-state index < -0.39 is 6.10 Å². The summed E-state index contributed by atoms with van der Waals surface area (Å²) in [7, 11) is 0. The van der Waals surface area contributed by atoms with Crippen LogP contribution < -0.4 is 0 Å². The molecule has 0 saturated carbocycles. The van der Waals surface area contributed by atoms with Crippen LogP contribution in [0.2, 0.25) is 0 Å². The topological polar surface area (TPSA) is 55.8 Å². The number of carbonyl (C=O) groups excluding carboxylic acids is 1. The summed E-state index contributed by atoms with van der Waals surface area (Å²) < 4.78 is 11.1. The van der Waals surface area contributed by atoms with Gasteiger partial charge in [-0.25, -0.2) is 0 Å². The van der Waals surface area contributed by atoms with Crippen LogP contribution in [0.5, 0.6) is 0 Å². The van der Waals surface area contributed by atoms with Crippen molar-refractivity contribution in [3.05, 3.63) is 48.6 Å². The molecule has 0 bridgehead atoms. The molecule has 0 aliphatic heterocycles. The highest BCUT2D eigenvalue weighted by Gasteiger charge is 2.13. The number of allylic oxidation sites excluding steroid dienone is 8. The van der Waals surface area contributed by atoms with Crippen LogP contribution in [-0.4, -0.2) is 37.0 Å². The number of rotatable bonds is 34. The van der Waals surface area contributed by atoms with Crippen molar-refractivity contribution in [2.45, 2.75) is 180 Å². The zero-order valence-corrected chi connectivity index (χ0v) is 29.2. The zero-order valence-electron chi connectivity index (χ0n) is 29.2. The Labute approximate surface area is 273 Å². The van der Waals surface area contributed by atoms with Gasteiger partial charge in [0.2, 0.25) is 0 Å². The van der Waals surface area contributed by atoms with Gasteiger partial charge in [0.25, 0.3) is 0 Å². The summed E-state index contributed by atoms with van der Waals surface area (Å²) in [5, 5.41) is 9.56. The van der Waals surface area contributed by atoms with E-state index in [1.54, 1.807) is 0 Å². The third-order valence-electron chi connectivity index (χ3n) is 7.92. The number of ether oxygens (including phenoxy) is 2. The third-order valence-corrected chi connectivity index (χ3v) is 7.92. The van der Waals surface area contributed by atoms with E-state index in [4.69, 9.17) is 9.47 Å². The van der Waals surface area contributed by atoms with Crippen LogP contribution in [0.15, 0.2) is 48.6 Å². The Morgan fingerprint density at radius 1 is 0.568 bits per heavy atom. The van der Waals surface area contributed by atoms with Crippen LogP contribution in [-0.2, 0) is 14.3 Å². The van der Waals surface area contributed by atoms with Gasteiger partial charge in [-0.3, -0.25) is 4.79 Å². The van der Waals surface area contributed by atoms with Crippen LogP contribution >= 0.6 is 0 Å². The molecule has 0 aromatic rings. The van der Waals surface area contributed by atoms with E-state index in [1.807, 2.05) is 0 Å². The lowest BCUT2D eigenvalue weighted by molar-refractivity contribution is -0.154. The fraction of sp³-hybridized carbons (Fsp3) is 0.775. The summed E-state index contributed by atoms with van der Waals surface area (Å²) >= 11 is 0. The number of hydrogen-bond acceptors (Lipinski definition) is 4. The van der Waals surface area contributed by atoms with E-state index in [0.717, 1.165) is 64.2 Å². The first-order valence-electron chi connectivity index (χ1n) is 18.7. The van der Waals surface area contributed by atoms with Gasteiger partial charge >= 0.3 is 5.97 Å². The molecule has 1 unspecified atom stereocenters. The molecule has 0 aromatic carbocycles. The lowest BCUT2D eigenvalue weighted by atomic mass is 10.0. The minimum atomic E-state index is -0.548. The minimum Gasteiger partial charge on any atom is -0.457 e. The second-order valence-electron chi connectivity index (χ2n) is 12.3. The number of aliphatic hydroxyl groups is 1. The summed E-state index contributed by atoms with van der Waals surface area (Å²) in [6.07, 6.45) is 47.3. The summed E-state index contributed by atoms with van der Waals surface area (Å²) in [5.74, 6) is -0.212. The van der Waals surface area contributed by atoms with Crippen LogP contribution in [0, 0.1) is 0 Å². The lowest BCUT2D eigenvalue weighted by Gasteiger charge is -2.15. The molecular formula is C40H72O4. The number of carbonyl (C=O) groups is 1. The molecule has 1 N–H and O–H groups in total. The van der Waals surface area contributed by atoms with Gasteiger partial charge in [-0.15, -0.1) is 0 Å². The van der Waals surface area contributed by atoms with Crippen molar-refractivity contribution in [1.82, 2.24) is 0 Å². The molecule has 0 fully saturated rings. The summed E-state index contributed by atoms with van der Waals surface area (Å²) in [5.41, 5.74) is 0. The van der Waals surface area contributed by atoms with Gasteiger partial charge in [-0.1, -0.05) is 165 Å². The van der Waals surface area contributed by atoms with Crippen molar-refractivity contribution < 1.29 is 19.4 Å². The highest BCUT2D eigenvalue weighted by atomic mass is 16.6. The van der Waals surface area contributed by atoms with Gasteiger partial charge in [-0.2, -0.15) is 0 Å². The number of unbranched alkanes of at least 4 members (excludes halogenated alkanes) is 18. The highest BCUT2D eigenvalue weighted by Crippen LogP contribution is 2.14. The fourth-order valence-electron chi connectivity index (χ4n) is 5.14. The second-order valence-corrected chi connectivity index (χ2v) is 12.3. The normalized spacial score (nSPS) is 12.9. The second kappa shape index (κ2) is 37.5. The van der Waals surface area contributed by atoms with Crippen molar-refractivity contribution in [2.24, 2.45) is 0 Å². The third kappa shape index (κ3) is 34.8. The molecule has 0 aliphatic carbocycles. The average molecular weight is 617 g/mol. The Hall–Kier alpha value is -1.65. The summed E-state index contributed by atoms with van der Waals surface area (Å²) in [6, 6.07) is 0. The van der Waals surface area contributed by atoms with Gasteiger partial charge in [0.05, 0.1) is 13.2 Å². The number of hydrogen-bond donors (Lipinski definition) is 1. The maximum absolute atomic E-state index is 12.1.